The number of pyridine rings is 1. The average molecular weight is 301 g/mol. The number of nitrogens with two attached hydrogens (primary N) is 1. The van der Waals surface area contributed by atoms with Gasteiger partial charge in [0, 0.05) is 12.7 Å². The van der Waals surface area contributed by atoms with Crippen molar-refractivity contribution in [3.63, 3.8) is 0 Å². The summed E-state index contributed by atoms with van der Waals surface area (Å²) in [6.45, 7) is 2.81. The Morgan fingerprint density at radius 1 is 1.42 bits per heavy atom. The van der Waals surface area contributed by atoms with E-state index in [4.69, 9.17) is 29.0 Å². The second-order valence-corrected chi connectivity index (χ2v) is 4.85. The molecule has 6 nitrogen and oxygen atoms in total. The van der Waals surface area contributed by atoms with Crippen molar-refractivity contribution in [2.24, 2.45) is 5.84 Å². The second kappa shape index (κ2) is 6.29. The molecule has 0 saturated heterocycles. The highest BCUT2D eigenvalue weighted by Gasteiger charge is 2.21. The lowest BCUT2D eigenvalue weighted by Crippen LogP contribution is -2.31. The minimum Gasteiger partial charge on any atom is -0.270 e. The largest absolute Gasteiger partial charge is 0.270 e. The van der Waals surface area contributed by atoms with Crippen LogP contribution in [0, 0.1) is 0 Å². The van der Waals surface area contributed by atoms with Gasteiger partial charge in [-0.15, -0.1) is 5.10 Å². The molecule has 1 atom stereocenters. The molecule has 2 aromatic rings. The fourth-order valence-electron chi connectivity index (χ4n) is 1.82. The Kier molecular flexibility index (Phi) is 4.71. The zero-order valence-corrected chi connectivity index (χ0v) is 11.9. The van der Waals surface area contributed by atoms with E-state index in [1.807, 2.05) is 0 Å². The van der Waals surface area contributed by atoms with Crippen molar-refractivity contribution in [2.75, 3.05) is 0 Å². The van der Waals surface area contributed by atoms with Crippen molar-refractivity contribution in [3.05, 3.63) is 39.9 Å². The van der Waals surface area contributed by atoms with E-state index in [9.17, 15) is 0 Å². The molecule has 0 aliphatic rings. The summed E-state index contributed by atoms with van der Waals surface area (Å²) in [4.78, 5) is 4.23. The lowest BCUT2D eigenvalue weighted by Gasteiger charge is -2.17. The normalized spacial score (nSPS) is 12.6. The van der Waals surface area contributed by atoms with Crippen LogP contribution in [-0.4, -0.2) is 20.0 Å². The van der Waals surface area contributed by atoms with E-state index < -0.39 is 0 Å². The first kappa shape index (κ1) is 14.2. The van der Waals surface area contributed by atoms with E-state index in [0.29, 0.717) is 15.7 Å². The number of hydrogen-bond acceptors (Lipinski definition) is 5. The first-order valence-electron chi connectivity index (χ1n) is 5.82. The number of nitrogens with one attached hydrogen (secondary N) is 1. The molecule has 2 rings (SSSR count). The summed E-state index contributed by atoms with van der Waals surface area (Å²) in [7, 11) is 0. The molecule has 2 heterocycles. The van der Waals surface area contributed by atoms with Gasteiger partial charge in [-0.05, 0) is 12.5 Å². The number of halogens is 2. The van der Waals surface area contributed by atoms with E-state index in [1.54, 1.807) is 16.9 Å². The van der Waals surface area contributed by atoms with Crippen LogP contribution in [0.25, 0.3) is 0 Å². The molecule has 0 aliphatic carbocycles. The van der Waals surface area contributed by atoms with Gasteiger partial charge in [-0.3, -0.25) is 10.8 Å². The molecule has 2 aromatic heterocycles. The van der Waals surface area contributed by atoms with Crippen molar-refractivity contribution >= 4 is 23.2 Å². The van der Waals surface area contributed by atoms with Crippen molar-refractivity contribution in [1.82, 2.24) is 25.4 Å². The fraction of sp³-hybridized carbons (Fsp3) is 0.364. The minimum atomic E-state index is -0.383. The molecule has 0 aliphatic heterocycles. The molecule has 19 heavy (non-hydrogen) atoms. The molecular formula is C11H14Cl2N6. The van der Waals surface area contributed by atoms with Crippen LogP contribution in [0.5, 0.6) is 0 Å². The summed E-state index contributed by atoms with van der Waals surface area (Å²) in [6.07, 6.45) is 4.11. The molecule has 0 amide bonds. The van der Waals surface area contributed by atoms with E-state index >= 15 is 0 Å². The first-order valence-corrected chi connectivity index (χ1v) is 6.58. The van der Waals surface area contributed by atoms with Crippen LogP contribution in [0.1, 0.15) is 30.8 Å². The summed E-state index contributed by atoms with van der Waals surface area (Å²) >= 11 is 12.0. The highest BCUT2D eigenvalue weighted by atomic mass is 35.5. The molecule has 1 unspecified atom stereocenters. The average Bonchev–Trinajstić information content (AvgIpc) is 2.82. The van der Waals surface area contributed by atoms with E-state index in [-0.39, 0.29) is 6.04 Å². The summed E-state index contributed by atoms with van der Waals surface area (Å²) in [6, 6.07) is 1.25. The van der Waals surface area contributed by atoms with Crippen LogP contribution >= 0.6 is 23.2 Å². The van der Waals surface area contributed by atoms with E-state index in [1.165, 1.54) is 6.20 Å². The van der Waals surface area contributed by atoms with Crippen LogP contribution in [-0.2, 0) is 6.54 Å². The maximum Gasteiger partial charge on any atom is 0.108 e. The summed E-state index contributed by atoms with van der Waals surface area (Å²) in [5, 5.41) is 8.85. The van der Waals surface area contributed by atoms with Gasteiger partial charge in [-0.2, -0.15) is 0 Å². The monoisotopic (exact) mass is 300 g/mol. The molecule has 3 N–H and O–H groups in total. The number of hydrogen-bond donors (Lipinski definition) is 2. The lowest BCUT2D eigenvalue weighted by molar-refractivity contribution is 0.507. The molecule has 0 fully saturated rings. The van der Waals surface area contributed by atoms with Crippen molar-refractivity contribution in [2.45, 2.75) is 25.9 Å². The smallest absolute Gasteiger partial charge is 0.108 e. The molecule has 8 heteroatoms. The third kappa shape index (κ3) is 3.03. The second-order valence-electron chi connectivity index (χ2n) is 4.00. The minimum absolute atomic E-state index is 0.383. The third-order valence-corrected chi connectivity index (χ3v) is 3.16. The Morgan fingerprint density at radius 3 is 2.84 bits per heavy atom. The van der Waals surface area contributed by atoms with Gasteiger partial charge in [0.2, 0.25) is 0 Å². The molecular weight excluding hydrogens is 287 g/mol. The lowest BCUT2D eigenvalue weighted by atomic mass is 10.1. The Labute approximate surface area is 120 Å². The van der Waals surface area contributed by atoms with Gasteiger partial charge in [0.25, 0.3) is 0 Å². The number of rotatable bonds is 5. The van der Waals surface area contributed by atoms with Crippen LogP contribution in [0.15, 0.2) is 18.5 Å². The first-order chi connectivity index (χ1) is 9.17. The summed E-state index contributed by atoms with van der Waals surface area (Å²) in [5.74, 6) is 5.62. The Bertz CT molecular complexity index is 556. The van der Waals surface area contributed by atoms with Crippen LogP contribution in [0.3, 0.4) is 0 Å². The van der Waals surface area contributed by atoms with Crippen LogP contribution in [0.4, 0.5) is 0 Å². The predicted molar refractivity (Wildman–Crippen MR) is 73.7 cm³/mol. The highest BCUT2D eigenvalue weighted by molar-refractivity contribution is 6.34. The Hall–Kier alpha value is -1.21. The number of hydrazine groups is 1. The van der Waals surface area contributed by atoms with Gasteiger partial charge >= 0.3 is 0 Å². The molecule has 102 valence electrons. The number of aromatic nitrogens is 4. The van der Waals surface area contributed by atoms with Gasteiger partial charge < -0.3 is 0 Å². The van der Waals surface area contributed by atoms with Gasteiger partial charge in [0.05, 0.1) is 27.6 Å². The van der Waals surface area contributed by atoms with Gasteiger partial charge in [-0.25, -0.2) is 10.1 Å². The molecule has 0 aromatic carbocycles. The Balaban J connectivity index is 2.41. The molecule has 0 bridgehead atoms. The quantitative estimate of drug-likeness (QED) is 0.651. The van der Waals surface area contributed by atoms with E-state index in [0.717, 1.165) is 18.7 Å². The maximum absolute atomic E-state index is 6.16. The number of nitrogens with zero attached hydrogens (tertiary/aromatic N) is 4. The summed E-state index contributed by atoms with van der Waals surface area (Å²) in [5.41, 5.74) is 4.09. The topological polar surface area (TPSA) is 81.7 Å². The van der Waals surface area contributed by atoms with Gasteiger partial charge in [0.1, 0.15) is 6.04 Å². The zero-order valence-electron chi connectivity index (χ0n) is 10.3. The van der Waals surface area contributed by atoms with Crippen molar-refractivity contribution in [3.8, 4) is 0 Å². The number of aryl methyl sites for hydroxylation is 1. The predicted octanol–water partition coefficient (Wildman–Crippen LogP) is 1.94. The SMILES string of the molecule is CCCn1nncc1C(NN)c1ncc(Cl)cc1Cl. The van der Waals surface area contributed by atoms with Crippen molar-refractivity contribution in [1.29, 1.82) is 0 Å². The van der Waals surface area contributed by atoms with Gasteiger partial charge in [0.15, 0.2) is 0 Å². The van der Waals surface area contributed by atoms with E-state index in [2.05, 4.69) is 27.6 Å². The third-order valence-electron chi connectivity index (χ3n) is 2.66. The standard InChI is InChI=1S/C11H14Cl2N6/c1-2-3-19-9(6-16-18-19)11(17-14)10-8(13)4-7(12)5-15-10/h4-6,11,17H,2-3,14H2,1H3. The molecule has 0 radical (unpaired) electrons. The summed E-state index contributed by atoms with van der Waals surface area (Å²) < 4.78 is 1.77. The fourth-order valence-corrected chi connectivity index (χ4v) is 2.31. The zero-order chi connectivity index (χ0) is 13.8. The van der Waals surface area contributed by atoms with Gasteiger partial charge in [-0.1, -0.05) is 35.3 Å². The molecule has 0 saturated carbocycles. The van der Waals surface area contributed by atoms with Crippen LogP contribution < -0.4 is 11.3 Å². The highest BCUT2D eigenvalue weighted by Crippen LogP contribution is 2.27. The maximum atomic E-state index is 6.16. The molecule has 0 spiro atoms. The van der Waals surface area contributed by atoms with Crippen molar-refractivity contribution < 1.29 is 0 Å². The Morgan fingerprint density at radius 2 is 2.21 bits per heavy atom. The van der Waals surface area contributed by atoms with Crippen LogP contribution in [0.2, 0.25) is 10.0 Å².